The predicted molar refractivity (Wildman–Crippen MR) is 91.1 cm³/mol. The van der Waals surface area contributed by atoms with Crippen LogP contribution in [0.4, 0.5) is 0 Å². The van der Waals surface area contributed by atoms with Gasteiger partial charge in [-0.2, -0.15) is 0 Å². The minimum absolute atomic E-state index is 0.247. The van der Waals surface area contributed by atoms with Crippen molar-refractivity contribution in [2.75, 3.05) is 0 Å². The summed E-state index contributed by atoms with van der Waals surface area (Å²) in [6.45, 7) is 8.89. The quantitative estimate of drug-likeness (QED) is 0.653. The Balaban J connectivity index is 2.15. The van der Waals surface area contributed by atoms with E-state index in [1.54, 1.807) is 0 Å². The zero-order valence-electron chi connectivity index (χ0n) is 13.8. The molecule has 0 aromatic heterocycles. The molecule has 0 unspecified atom stereocenters. The summed E-state index contributed by atoms with van der Waals surface area (Å²) in [5.41, 5.74) is 8.92. The Morgan fingerprint density at radius 3 is 1.43 bits per heavy atom. The Bertz CT molecular complexity index is 604. The Labute approximate surface area is 129 Å². The standard InChI is InChI=1S/C21H26/c1-15-7-9-19(13-17(15)3)21(11-5-6-12-21)20-10-8-16(2)18(4)14-20/h7-10,13-14H,5-6,11-12H2,1-4H3. The number of benzene rings is 2. The van der Waals surface area contributed by atoms with Crippen molar-refractivity contribution in [3.8, 4) is 0 Å². The summed E-state index contributed by atoms with van der Waals surface area (Å²) in [6.07, 6.45) is 5.27. The number of aryl methyl sites for hydroxylation is 4. The highest BCUT2D eigenvalue weighted by atomic mass is 14.4. The third-order valence-corrected chi connectivity index (χ3v) is 5.58. The molecular weight excluding hydrogens is 252 g/mol. The number of hydrogen-bond donors (Lipinski definition) is 0. The van der Waals surface area contributed by atoms with Gasteiger partial charge >= 0.3 is 0 Å². The van der Waals surface area contributed by atoms with Gasteiger partial charge in [0.1, 0.15) is 0 Å². The monoisotopic (exact) mass is 278 g/mol. The maximum atomic E-state index is 2.43. The van der Waals surface area contributed by atoms with Gasteiger partial charge in [0.25, 0.3) is 0 Å². The molecule has 2 aromatic rings. The van der Waals surface area contributed by atoms with E-state index in [-0.39, 0.29) is 5.41 Å². The van der Waals surface area contributed by atoms with Crippen LogP contribution in [0.2, 0.25) is 0 Å². The average Bonchev–Trinajstić information content (AvgIpc) is 2.95. The first-order valence-corrected chi connectivity index (χ1v) is 8.18. The molecule has 0 spiro atoms. The van der Waals surface area contributed by atoms with Crippen LogP contribution in [0.3, 0.4) is 0 Å². The van der Waals surface area contributed by atoms with E-state index < -0.39 is 0 Å². The molecule has 1 aliphatic carbocycles. The molecule has 0 heterocycles. The van der Waals surface area contributed by atoms with E-state index in [2.05, 4.69) is 64.1 Å². The van der Waals surface area contributed by atoms with E-state index in [0.717, 1.165) is 0 Å². The van der Waals surface area contributed by atoms with Crippen LogP contribution in [0, 0.1) is 27.7 Å². The van der Waals surface area contributed by atoms with Crippen LogP contribution < -0.4 is 0 Å². The van der Waals surface area contributed by atoms with Crippen LogP contribution in [-0.4, -0.2) is 0 Å². The fourth-order valence-electron chi connectivity index (χ4n) is 3.80. The second kappa shape index (κ2) is 5.33. The molecule has 0 aliphatic heterocycles. The molecule has 0 N–H and O–H groups in total. The summed E-state index contributed by atoms with van der Waals surface area (Å²) in [5, 5.41) is 0. The van der Waals surface area contributed by atoms with Crippen molar-refractivity contribution in [2.45, 2.75) is 58.8 Å². The van der Waals surface area contributed by atoms with Crippen LogP contribution >= 0.6 is 0 Å². The summed E-state index contributed by atoms with van der Waals surface area (Å²) in [5.74, 6) is 0. The molecule has 0 amide bonds. The second-order valence-electron chi connectivity index (χ2n) is 6.89. The van der Waals surface area contributed by atoms with Crippen LogP contribution in [0.5, 0.6) is 0 Å². The van der Waals surface area contributed by atoms with Gasteiger partial charge in [-0.05, 0) is 73.9 Å². The Kier molecular flexibility index (Phi) is 3.65. The van der Waals surface area contributed by atoms with E-state index >= 15 is 0 Å². The largest absolute Gasteiger partial charge is 0.0588 e. The smallest absolute Gasteiger partial charge is 0.0203 e. The average molecular weight is 278 g/mol. The Morgan fingerprint density at radius 1 is 0.619 bits per heavy atom. The van der Waals surface area contributed by atoms with E-state index in [1.807, 2.05) is 0 Å². The maximum Gasteiger partial charge on any atom is 0.0203 e. The normalized spacial score (nSPS) is 17.1. The summed E-state index contributed by atoms with van der Waals surface area (Å²) >= 11 is 0. The second-order valence-corrected chi connectivity index (χ2v) is 6.89. The first-order valence-electron chi connectivity index (χ1n) is 8.18. The van der Waals surface area contributed by atoms with Crippen molar-refractivity contribution in [1.29, 1.82) is 0 Å². The lowest BCUT2D eigenvalue weighted by molar-refractivity contribution is 0.534. The van der Waals surface area contributed by atoms with Gasteiger partial charge in [-0.25, -0.2) is 0 Å². The zero-order chi connectivity index (χ0) is 15.0. The van der Waals surface area contributed by atoms with Crippen LogP contribution in [0.15, 0.2) is 36.4 Å². The third kappa shape index (κ3) is 2.41. The molecule has 0 saturated heterocycles. The predicted octanol–water partition coefficient (Wildman–Crippen LogP) is 5.78. The molecule has 0 bridgehead atoms. The minimum atomic E-state index is 0.247. The SMILES string of the molecule is Cc1ccc(C2(c3ccc(C)c(C)c3)CCCC2)cc1C. The van der Waals surface area contributed by atoms with E-state index in [4.69, 9.17) is 0 Å². The Hall–Kier alpha value is -1.56. The molecule has 110 valence electrons. The zero-order valence-corrected chi connectivity index (χ0v) is 13.8. The van der Waals surface area contributed by atoms with Crippen molar-refractivity contribution in [3.63, 3.8) is 0 Å². The third-order valence-electron chi connectivity index (χ3n) is 5.58. The van der Waals surface area contributed by atoms with Gasteiger partial charge in [0, 0.05) is 5.41 Å². The summed E-state index contributed by atoms with van der Waals surface area (Å²) < 4.78 is 0. The van der Waals surface area contributed by atoms with Gasteiger partial charge in [0.2, 0.25) is 0 Å². The molecule has 1 aliphatic rings. The molecule has 0 radical (unpaired) electrons. The highest BCUT2D eigenvalue weighted by Gasteiger charge is 2.37. The number of rotatable bonds is 2. The van der Waals surface area contributed by atoms with Crippen molar-refractivity contribution >= 4 is 0 Å². The highest BCUT2D eigenvalue weighted by molar-refractivity contribution is 5.45. The summed E-state index contributed by atoms with van der Waals surface area (Å²) in [6, 6.07) is 14.2. The number of hydrogen-bond acceptors (Lipinski definition) is 0. The lowest BCUT2D eigenvalue weighted by Gasteiger charge is -2.31. The fourth-order valence-corrected chi connectivity index (χ4v) is 3.80. The van der Waals surface area contributed by atoms with Crippen molar-refractivity contribution in [2.24, 2.45) is 0 Å². The van der Waals surface area contributed by atoms with Gasteiger partial charge in [-0.15, -0.1) is 0 Å². The fraction of sp³-hybridized carbons (Fsp3) is 0.429. The van der Waals surface area contributed by atoms with Crippen molar-refractivity contribution in [3.05, 3.63) is 69.8 Å². The summed E-state index contributed by atoms with van der Waals surface area (Å²) in [7, 11) is 0. The molecule has 21 heavy (non-hydrogen) atoms. The molecular formula is C21H26. The van der Waals surface area contributed by atoms with Crippen LogP contribution in [-0.2, 0) is 5.41 Å². The molecule has 1 fully saturated rings. The van der Waals surface area contributed by atoms with E-state index in [0.29, 0.717) is 0 Å². The van der Waals surface area contributed by atoms with Crippen LogP contribution in [0.1, 0.15) is 59.1 Å². The lowest BCUT2D eigenvalue weighted by atomic mass is 9.72. The highest BCUT2D eigenvalue weighted by Crippen LogP contribution is 2.47. The molecule has 3 rings (SSSR count). The van der Waals surface area contributed by atoms with Crippen molar-refractivity contribution in [1.82, 2.24) is 0 Å². The molecule has 0 nitrogen and oxygen atoms in total. The lowest BCUT2D eigenvalue weighted by Crippen LogP contribution is -2.24. The topological polar surface area (TPSA) is 0 Å². The first kappa shape index (κ1) is 14.4. The molecule has 0 heteroatoms. The van der Waals surface area contributed by atoms with Crippen molar-refractivity contribution < 1.29 is 0 Å². The van der Waals surface area contributed by atoms with E-state index in [1.165, 1.54) is 59.1 Å². The molecule has 2 aromatic carbocycles. The van der Waals surface area contributed by atoms with Gasteiger partial charge < -0.3 is 0 Å². The summed E-state index contributed by atoms with van der Waals surface area (Å²) in [4.78, 5) is 0. The van der Waals surface area contributed by atoms with Crippen LogP contribution in [0.25, 0.3) is 0 Å². The van der Waals surface area contributed by atoms with Gasteiger partial charge in [0.05, 0.1) is 0 Å². The minimum Gasteiger partial charge on any atom is -0.0588 e. The van der Waals surface area contributed by atoms with Gasteiger partial charge in [0.15, 0.2) is 0 Å². The van der Waals surface area contributed by atoms with Gasteiger partial charge in [-0.3, -0.25) is 0 Å². The molecule has 1 saturated carbocycles. The van der Waals surface area contributed by atoms with E-state index in [9.17, 15) is 0 Å². The molecule has 0 atom stereocenters. The Morgan fingerprint density at radius 2 is 1.05 bits per heavy atom. The maximum absolute atomic E-state index is 2.43. The van der Waals surface area contributed by atoms with Gasteiger partial charge in [-0.1, -0.05) is 49.2 Å². The first-order chi connectivity index (χ1) is 10.0.